The second-order valence-corrected chi connectivity index (χ2v) is 7.11. The molecule has 0 bridgehead atoms. The molecule has 2 N–H and O–H groups in total. The van der Waals surface area contributed by atoms with Crippen molar-refractivity contribution < 1.29 is 9.90 Å². The van der Waals surface area contributed by atoms with Crippen LogP contribution < -0.4 is 5.32 Å². The first-order chi connectivity index (χ1) is 11.7. The van der Waals surface area contributed by atoms with E-state index in [1.165, 1.54) is 16.0 Å². The summed E-state index contributed by atoms with van der Waals surface area (Å²) in [5.41, 5.74) is 1.09. The maximum Gasteiger partial charge on any atom is 0.273 e. The molecule has 0 aliphatic heterocycles. The molecule has 0 aliphatic rings. The largest absolute Gasteiger partial charge is 0.386 e. The third-order valence-electron chi connectivity index (χ3n) is 3.66. The maximum absolute atomic E-state index is 12.4. The molecule has 0 saturated carbocycles. The molecule has 0 unspecified atom stereocenters. The van der Waals surface area contributed by atoms with Crippen molar-refractivity contribution in [2.75, 3.05) is 0 Å². The predicted octanol–water partition coefficient (Wildman–Crippen LogP) is 3.02. The van der Waals surface area contributed by atoms with Gasteiger partial charge >= 0.3 is 0 Å². The van der Waals surface area contributed by atoms with Gasteiger partial charge in [-0.3, -0.25) is 4.79 Å². The number of aliphatic hydroxyl groups is 1. The van der Waals surface area contributed by atoms with Gasteiger partial charge in [0.25, 0.3) is 5.91 Å². The number of thiophene rings is 2. The number of carbonyl (C=O) groups is 1. The first-order valence-electron chi connectivity index (χ1n) is 7.62. The van der Waals surface area contributed by atoms with Gasteiger partial charge in [-0.1, -0.05) is 18.2 Å². The van der Waals surface area contributed by atoms with Crippen molar-refractivity contribution in [1.29, 1.82) is 0 Å². The van der Waals surface area contributed by atoms with Gasteiger partial charge in [0.15, 0.2) is 5.69 Å². The van der Waals surface area contributed by atoms with Crippen LogP contribution in [0.2, 0.25) is 0 Å². The quantitative estimate of drug-likeness (QED) is 0.677. The average Bonchev–Trinajstić information content (AvgIpc) is 3.33. The van der Waals surface area contributed by atoms with Crippen LogP contribution in [-0.2, 0) is 6.54 Å². The Balaban J connectivity index is 1.63. The molecule has 0 radical (unpaired) electrons. The molecule has 3 aromatic rings. The highest BCUT2D eigenvalue weighted by atomic mass is 32.1. The highest BCUT2D eigenvalue weighted by molar-refractivity contribution is 7.10. The number of nitrogens with zero attached hydrogens (tertiary/aromatic N) is 3. The summed E-state index contributed by atoms with van der Waals surface area (Å²) in [5.74, 6) is -0.258. The minimum absolute atomic E-state index is 0.0287. The van der Waals surface area contributed by atoms with E-state index >= 15 is 0 Å². The van der Waals surface area contributed by atoms with E-state index in [2.05, 4.69) is 15.6 Å². The number of rotatable bonds is 7. The van der Waals surface area contributed by atoms with Crippen LogP contribution in [0.25, 0.3) is 0 Å². The van der Waals surface area contributed by atoms with Crippen LogP contribution in [0, 0.1) is 0 Å². The molecule has 1 amide bonds. The van der Waals surface area contributed by atoms with Crippen molar-refractivity contribution in [2.45, 2.75) is 32.0 Å². The Kier molecular flexibility index (Phi) is 5.39. The van der Waals surface area contributed by atoms with Gasteiger partial charge in [-0.15, -0.1) is 16.4 Å². The van der Waals surface area contributed by atoms with E-state index in [4.69, 9.17) is 0 Å². The van der Waals surface area contributed by atoms with Crippen LogP contribution in [0.5, 0.6) is 0 Å². The van der Waals surface area contributed by atoms with Crippen molar-refractivity contribution in [3.8, 4) is 0 Å². The number of amides is 1. The van der Waals surface area contributed by atoms with Crippen LogP contribution >= 0.6 is 22.7 Å². The van der Waals surface area contributed by atoms with E-state index in [0.29, 0.717) is 0 Å². The molecule has 0 fully saturated rings. The molecule has 0 aliphatic carbocycles. The molecule has 0 saturated heterocycles. The molecule has 126 valence electrons. The lowest BCUT2D eigenvalue weighted by Gasteiger charge is -2.14. The lowest BCUT2D eigenvalue weighted by atomic mass is 10.2. The molecular weight excluding hydrogens is 344 g/mol. The van der Waals surface area contributed by atoms with Crippen molar-refractivity contribution in [3.05, 3.63) is 56.7 Å². The van der Waals surface area contributed by atoms with E-state index in [-0.39, 0.29) is 24.2 Å². The fourth-order valence-electron chi connectivity index (χ4n) is 2.33. The fourth-order valence-corrected chi connectivity index (χ4v) is 3.90. The van der Waals surface area contributed by atoms with Gasteiger partial charge in [-0.05, 0) is 40.3 Å². The Morgan fingerprint density at radius 2 is 2.29 bits per heavy atom. The Morgan fingerprint density at radius 1 is 1.42 bits per heavy atom. The minimum atomic E-state index is -0.664. The van der Waals surface area contributed by atoms with Gasteiger partial charge in [0.05, 0.1) is 24.9 Å². The van der Waals surface area contributed by atoms with Gasteiger partial charge in [0, 0.05) is 4.88 Å². The Bertz CT molecular complexity index is 768. The lowest BCUT2D eigenvalue weighted by Crippen LogP contribution is -2.27. The van der Waals surface area contributed by atoms with Crippen LogP contribution in [0.1, 0.15) is 46.4 Å². The summed E-state index contributed by atoms with van der Waals surface area (Å²) in [6, 6.07) is 5.82. The number of aliphatic hydroxyl groups excluding tert-OH is 1. The fraction of sp³-hybridized carbons (Fsp3) is 0.312. The number of aromatic nitrogens is 3. The zero-order valence-electron chi connectivity index (χ0n) is 13.1. The topological polar surface area (TPSA) is 80.0 Å². The predicted molar refractivity (Wildman–Crippen MR) is 94.1 cm³/mol. The standard InChI is InChI=1S/C16H18N4O2S2/c1-2-12(15-4-3-6-24-15)17-16(22)13-8-20(19-18-13)9-14(21)11-5-7-23-10-11/h3-8,10,12,14,21H,2,9H2,1H3,(H,17,22)/t12-,14+/m0/s1. The van der Waals surface area contributed by atoms with Crippen molar-refractivity contribution in [2.24, 2.45) is 0 Å². The van der Waals surface area contributed by atoms with Crippen LogP contribution in [0.4, 0.5) is 0 Å². The second kappa shape index (κ2) is 7.69. The molecule has 8 heteroatoms. The van der Waals surface area contributed by atoms with Gasteiger partial charge in [0.1, 0.15) is 0 Å². The first-order valence-corrected chi connectivity index (χ1v) is 9.44. The highest BCUT2D eigenvalue weighted by Crippen LogP contribution is 2.22. The summed E-state index contributed by atoms with van der Waals surface area (Å²) in [4.78, 5) is 13.5. The molecule has 24 heavy (non-hydrogen) atoms. The summed E-state index contributed by atoms with van der Waals surface area (Å²) >= 11 is 3.14. The van der Waals surface area contributed by atoms with Crippen LogP contribution in [-0.4, -0.2) is 26.0 Å². The highest BCUT2D eigenvalue weighted by Gasteiger charge is 2.18. The van der Waals surface area contributed by atoms with E-state index in [0.717, 1.165) is 16.9 Å². The summed E-state index contributed by atoms with van der Waals surface area (Å²) in [5, 5.41) is 26.8. The minimum Gasteiger partial charge on any atom is -0.386 e. The summed E-state index contributed by atoms with van der Waals surface area (Å²) in [7, 11) is 0. The number of hydrogen-bond donors (Lipinski definition) is 2. The zero-order valence-corrected chi connectivity index (χ0v) is 14.8. The zero-order chi connectivity index (χ0) is 16.9. The SMILES string of the molecule is CC[C@H](NC(=O)c1cn(C[C@@H](O)c2ccsc2)nn1)c1cccs1. The maximum atomic E-state index is 12.4. The van der Waals surface area contributed by atoms with Gasteiger partial charge in [-0.2, -0.15) is 11.3 Å². The van der Waals surface area contributed by atoms with Crippen molar-refractivity contribution >= 4 is 28.6 Å². The van der Waals surface area contributed by atoms with Crippen LogP contribution in [0.15, 0.2) is 40.5 Å². The van der Waals surface area contributed by atoms with Gasteiger partial charge in [0.2, 0.25) is 0 Å². The van der Waals surface area contributed by atoms with Crippen molar-refractivity contribution in [3.63, 3.8) is 0 Å². The van der Waals surface area contributed by atoms with E-state index < -0.39 is 6.10 Å². The Hall–Kier alpha value is -2.03. The second-order valence-electron chi connectivity index (χ2n) is 5.35. The molecule has 3 rings (SSSR count). The molecule has 3 aromatic heterocycles. The molecule has 0 aromatic carbocycles. The third-order valence-corrected chi connectivity index (χ3v) is 5.35. The first kappa shape index (κ1) is 16.8. The molecule has 6 nitrogen and oxygen atoms in total. The third kappa shape index (κ3) is 3.89. The number of carbonyl (C=O) groups excluding carboxylic acids is 1. The number of hydrogen-bond acceptors (Lipinski definition) is 6. The normalized spacial score (nSPS) is 13.6. The lowest BCUT2D eigenvalue weighted by molar-refractivity contribution is 0.0931. The Morgan fingerprint density at radius 3 is 2.96 bits per heavy atom. The average molecular weight is 362 g/mol. The van der Waals surface area contributed by atoms with Crippen molar-refractivity contribution in [1.82, 2.24) is 20.3 Å². The van der Waals surface area contributed by atoms with E-state index in [1.54, 1.807) is 17.5 Å². The molecule has 0 spiro atoms. The summed E-state index contributed by atoms with van der Waals surface area (Å²) in [6.45, 7) is 2.29. The molecule has 2 atom stereocenters. The number of nitrogens with one attached hydrogen (secondary N) is 1. The smallest absolute Gasteiger partial charge is 0.273 e. The van der Waals surface area contributed by atoms with Gasteiger partial charge in [-0.25, -0.2) is 4.68 Å². The summed E-state index contributed by atoms with van der Waals surface area (Å²) < 4.78 is 1.49. The van der Waals surface area contributed by atoms with E-state index in [9.17, 15) is 9.90 Å². The molecular formula is C16H18N4O2S2. The van der Waals surface area contributed by atoms with Gasteiger partial charge < -0.3 is 10.4 Å². The summed E-state index contributed by atoms with van der Waals surface area (Å²) in [6.07, 6.45) is 1.70. The monoisotopic (exact) mass is 362 g/mol. The van der Waals surface area contributed by atoms with E-state index in [1.807, 2.05) is 41.3 Å². The Labute approximate surface area is 147 Å². The van der Waals surface area contributed by atoms with Crippen LogP contribution in [0.3, 0.4) is 0 Å². The molecule has 3 heterocycles.